The highest BCUT2D eigenvalue weighted by Gasteiger charge is 2.30. The second-order valence-electron chi connectivity index (χ2n) is 7.56. The van der Waals surface area contributed by atoms with Gasteiger partial charge in [0.2, 0.25) is 0 Å². The van der Waals surface area contributed by atoms with Crippen LogP contribution in [0.15, 0.2) is 12.3 Å². The molecular weight excluding hydrogens is 334 g/mol. The first-order chi connectivity index (χ1) is 12.2. The maximum Gasteiger partial charge on any atom is 0.358 e. The van der Waals surface area contributed by atoms with E-state index in [1.54, 1.807) is 30.5 Å². The number of carbonyl (C=O) groups is 2. The monoisotopic (exact) mass is 359 g/mol. The molecule has 3 heterocycles. The van der Waals surface area contributed by atoms with Crippen LogP contribution in [0.4, 0.5) is 5.82 Å². The Morgan fingerprint density at radius 1 is 1.31 bits per heavy atom. The minimum atomic E-state index is -0.976. The van der Waals surface area contributed by atoms with Crippen molar-refractivity contribution in [2.45, 2.75) is 40.5 Å². The maximum atomic E-state index is 12.1. The van der Waals surface area contributed by atoms with Crippen LogP contribution in [-0.4, -0.2) is 46.1 Å². The number of esters is 1. The van der Waals surface area contributed by atoms with E-state index in [4.69, 9.17) is 4.74 Å². The minimum Gasteiger partial charge on any atom is -0.478 e. The number of carbonyl (C=O) groups excluding carboxylic acids is 1. The Hall–Kier alpha value is -2.57. The number of carboxylic acid groups (broad SMARTS) is 1. The molecule has 0 aromatic carbocycles. The number of hydrogen-bond acceptors (Lipinski definition) is 5. The van der Waals surface area contributed by atoms with Crippen molar-refractivity contribution in [2.75, 3.05) is 24.6 Å². The molecule has 0 radical (unpaired) electrons. The standard InChI is InChI=1S/C19H25N3O4/c1-5-26-18(25)13-11-22-14(20-13)10-12(2)15(17(23)24)16(22)21-8-6-19(3,4)7-9-21/h10-11H,5-9H2,1-4H3,(H,23,24). The Morgan fingerprint density at radius 2 is 1.96 bits per heavy atom. The van der Waals surface area contributed by atoms with Crippen molar-refractivity contribution in [3.63, 3.8) is 0 Å². The zero-order chi connectivity index (χ0) is 19.1. The molecule has 1 fully saturated rings. The lowest BCUT2D eigenvalue weighted by molar-refractivity contribution is 0.0520. The number of piperidine rings is 1. The number of aromatic nitrogens is 2. The fraction of sp³-hybridized carbons (Fsp3) is 0.526. The average molecular weight is 359 g/mol. The number of rotatable bonds is 4. The third-order valence-electron chi connectivity index (χ3n) is 5.04. The zero-order valence-electron chi connectivity index (χ0n) is 15.7. The topological polar surface area (TPSA) is 84.1 Å². The summed E-state index contributed by atoms with van der Waals surface area (Å²) in [6.07, 6.45) is 3.52. The summed E-state index contributed by atoms with van der Waals surface area (Å²) in [5.41, 5.74) is 1.87. The van der Waals surface area contributed by atoms with Crippen LogP contribution < -0.4 is 4.90 Å². The van der Waals surface area contributed by atoms with Crippen molar-refractivity contribution in [3.8, 4) is 0 Å². The zero-order valence-corrected chi connectivity index (χ0v) is 15.7. The minimum absolute atomic E-state index is 0.187. The molecular formula is C19H25N3O4. The fourth-order valence-corrected chi connectivity index (χ4v) is 3.43. The Morgan fingerprint density at radius 3 is 2.54 bits per heavy atom. The van der Waals surface area contributed by atoms with Gasteiger partial charge >= 0.3 is 11.9 Å². The Kier molecular flexibility index (Phi) is 4.64. The van der Waals surface area contributed by atoms with E-state index in [0.717, 1.165) is 25.9 Å². The van der Waals surface area contributed by atoms with Gasteiger partial charge in [0.25, 0.3) is 0 Å². The molecule has 0 atom stereocenters. The number of ether oxygens (including phenoxy) is 1. The van der Waals surface area contributed by atoms with Gasteiger partial charge in [0.05, 0.1) is 6.61 Å². The molecule has 1 aliphatic rings. The fourth-order valence-electron chi connectivity index (χ4n) is 3.43. The summed E-state index contributed by atoms with van der Waals surface area (Å²) in [5, 5.41) is 9.79. The number of aromatic carboxylic acids is 1. The Bertz CT molecular complexity index is 859. The van der Waals surface area contributed by atoms with Gasteiger partial charge in [-0.25, -0.2) is 14.6 Å². The number of aryl methyl sites for hydroxylation is 1. The summed E-state index contributed by atoms with van der Waals surface area (Å²) in [5.74, 6) is -0.891. The van der Waals surface area contributed by atoms with Gasteiger partial charge in [-0.3, -0.25) is 4.40 Å². The number of hydrogen-bond donors (Lipinski definition) is 1. The molecule has 0 saturated carbocycles. The van der Waals surface area contributed by atoms with Crippen LogP contribution in [0.25, 0.3) is 5.65 Å². The van der Waals surface area contributed by atoms with Gasteiger partial charge in [0.15, 0.2) is 5.69 Å². The van der Waals surface area contributed by atoms with Crippen molar-refractivity contribution >= 4 is 23.4 Å². The van der Waals surface area contributed by atoms with E-state index < -0.39 is 11.9 Å². The predicted molar refractivity (Wildman–Crippen MR) is 98.1 cm³/mol. The van der Waals surface area contributed by atoms with Gasteiger partial charge in [0.1, 0.15) is 17.0 Å². The second kappa shape index (κ2) is 6.63. The van der Waals surface area contributed by atoms with E-state index in [9.17, 15) is 14.7 Å². The summed E-state index contributed by atoms with van der Waals surface area (Å²) in [4.78, 5) is 30.4. The van der Waals surface area contributed by atoms with Crippen LogP contribution >= 0.6 is 0 Å². The smallest absolute Gasteiger partial charge is 0.358 e. The summed E-state index contributed by atoms with van der Waals surface area (Å²) in [6, 6.07) is 1.70. The van der Waals surface area contributed by atoms with Crippen molar-refractivity contribution in [3.05, 3.63) is 29.1 Å². The number of imidazole rings is 1. The van der Waals surface area contributed by atoms with Crippen molar-refractivity contribution in [1.29, 1.82) is 0 Å². The maximum absolute atomic E-state index is 12.1. The first-order valence-electron chi connectivity index (χ1n) is 8.91. The molecule has 0 aliphatic carbocycles. The van der Waals surface area contributed by atoms with E-state index in [1.165, 1.54) is 0 Å². The first-order valence-corrected chi connectivity index (χ1v) is 8.91. The molecule has 2 aromatic rings. The number of pyridine rings is 1. The molecule has 2 aromatic heterocycles. The molecule has 7 nitrogen and oxygen atoms in total. The highest BCUT2D eigenvalue weighted by atomic mass is 16.5. The molecule has 0 bridgehead atoms. The normalized spacial score (nSPS) is 16.7. The molecule has 0 unspecified atom stereocenters. The molecule has 0 amide bonds. The van der Waals surface area contributed by atoms with Crippen molar-refractivity contribution in [1.82, 2.24) is 9.38 Å². The van der Waals surface area contributed by atoms with Crippen LogP contribution in [0.3, 0.4) is 0 Å². The molecule has 1 saturated heterocycles. The number of fused-ring (bicyclic) bond motifs is 1. The van der Waals surface area contributed by atoms with Gasteiger partial charge in [-0.05, 0) is 43.7 Å². The van der Waals surface area contributed by atoms with Crippen molar-refractivity contribution < 1.29 is 19.4 Å². The summed E-state index contributed by atoms with van der Waals surface area (Å²) >= 11 is 0. The van der Waals surface area contributed by atoms with E-state index in [2.05, 4.69) is 23.7 Å². The van der Waals surface area contributed by atoms with Crippen LogP contribution in [0.5, 0.6) is 0 Å². The quantitative estimate of drug-likeness (QED) is 0.844. The van der Waals surface area contributed by atoms with Gasteiger partial charge in [-0.15, -0.1) is 0 Å². The highest BCUT2D eigenvalue weighted by molar-refractivity contribution is 5.96. The molecule has 0 spiro atoms. The largest absolute Gasteiger partial charge is 0.478 e. The second-order valence-corrected chi connectivity index (χ2v) is 7.56. The summed E-state index contributed by atoms with van der Waals surface area (Å²) in [7, 11) is 0. The first kappa shape index (κ1) is 18.2. The third kappa shape index (κ3) is 3.25. The van der Waals surface area contributed by atoms with Gasteiger partial charge < -0.3 is 14.7 Å². The Balaban J connectivity index is 2.15. The molecule has 1 aliphatic heterocycles. The highest BCUT2D eigenvalue weighted by Crippen LogP contribution is 2.35. The average Bonchev–Trinajstić information content (AvgIpc) is 2.97. The number of carboxylic acids is 1. The van der Waals surface area contributed by atoms with Crippen LogP contribution in [0.1, 0.15) is 60.0 Å². The van der Waals surface area contributed by atoms with E-state index >= 15 is 0 Å². The molecule has 7 heteroatoms. The number of nitrogens with zero attached hydrogens (tertiary/aromatic N) is 3. The lowest BCUT2D eigenvalue weighted by Crippen LogP contribution is -2.39. The van der Waals surface area contributed by atoms with E-state index in [-0.39, 0.29) is 23.3 Å². The Labute approximate surface area is 152 Å². The van der Waals surface area contributed by atoms with E-state index in [1.807, 2.05) is 0 Å². The molecule has 26 heavy (non-hydrogen) atoms. The van der Waals surface area contributed by atoms with E-state index in [0.29, 0.717) is 17.0 Å². The van der Waals surface area contributed by atoms with Gasteiger partial charge in [-0.2, -0.15) is 0 Å². The lowest BCUT2D eigenvalue weighted by Gasteiger charge is -2.39. The van der Waals surface area contributed by atoms with Crippen LogP contribution in [0.2, 0.25) is 0 Å². The van der Waals surface area contributed by atoms with Gasteiger partial charge in [0, 0.05) is 19.3 Å². The van der Waals surface area contributed by atoms with Gasteiger partial charge in [-0.1, -0.05) is 13.8 Å². The molecule has 3 rings (SSSR count). The molecule has 140 valence electrons. The molecule has 1 N–H and O–H groups in total. The summed E-state index contributed by atoms with van der Waals surface area (Å²) < 4.78 is 6.74. The lowest BCUT2D eigenvalue weighted by atomic mass is 9.82. The number of anilines is 1. The summed E-state index contributed by atoms with van der Waals surface area (Å²) in [6.45, 7) is 9.74. The van der Waals surface area contributed by atoms with Crippen molar-refractivity contribution in [2.24, 2.45) is 5.41 Å². The van der Waals surface area contributed by atoms with Crippen LogP contribution in [0, 0.1) is 12.3 Å². The third-order valence-corrected chi connectivity index (χ3v) is 5.04. The predicted octanol–water partition coefficient (Wildman–Crippen LogP) is 3.14. The SMILES string of the molecule is CCOC(=O)c1cn2c(N3CCC(C)(C)CC3)c(C(=O)O)c(C)cc2n1. The van der Waals surface area contributed by atoms with Crippen LogP contribution in [-0.2, 0) is 4.74 Å².